The zero-order valence-electron chi connectivity index (χ0n) is 21.9. The number of fused-ring (bicyclic) bond motifs is 1. The van der Waals surface area contributed by atoms with Gasteiger partial charge in [0.1, 0.15) is 0 Å². The van der Waals surface area contributed by atoms with Gasteiger partial charge in [-0.15, -0.1) is 0 Å². The van der Waals surface area contributed by atoms with E-state index in [4.69, 9.17) is 11.6 Å². The molecule has 4 aromatic carbocycles. The van der Waals surface area contributed by atoms with Crippen LogP contribution in [0, 0.1) is 13.8 Å². The second kappa shape index (κ2) is 11.9. The van der Waals surface area contributed by atoms with Crippen LogP contribution in [0.5, 0.6) is 0 Å². The summed E-state index contributed by atoms with van der Waals surface area (Å²) < 4.78 is 0. The molecule has 196 valence electrons. The lowest BCUT2D eigenvalue weighted by atomic mass is 10.0. The molecule has 0 aromatic heterocycles. The van der Waals surface area contributed by atoms with Gasteiger partial charge >= 0.3 is 0 Å². The van der Waals surface area contributed by atoms with Gasteiger partial charge in [0.05, 0.1) is 17.1 Å². The molecule has 6 heteroatoms. The van der Waals surface area contributed by atoms with Crippen LogP contribution in [0.25, 0.3) is 6.08 Å². The number of para-hydroxylation sites is 1. The number of aryl methyl sites for hydroxylation is 2. The van der Waals surface area contributed by atoms with Gasteiger partial charge in [-0.05, 0) is 85.0 Å². The predicted molar refractivity (Wildman–Crippen MR) is 161 cm³/mol. The maximum Gasteiger partial charge on any atom is 0.265 e. The number of amides is 2. The van der Waals surface area contributed by atoms with Gasteiger partial charge in [-0.2, -0.15) is 0 Å². The first-order valence-corrected chi connectivity index (χ1v) is 14.1. The SMILES string of the molecule is Cc1ccc(C)c(CN2C(=O)/C(=C/c3ccc(C(=O)NCCc4ccc(Cl)cc4)cc3)Sc3ccccc32)c1. The summed E-state index contributed by atoms with van der Waals surface area (Å²) >= 11 is 7.42. The summed E-state index contributed by atoms with van der Waals surface area (Å²) in [4.78, 5) is 29.9. The van der Waals surface area contributed by atoms with E-state index in [0.717, 1.165) is 39.3 Å². The van der Waals surface area contributed by atoms with Gasteiger partial charge in [0.25, 0.3) is 11.8 Å². The molecule has 1 aliphatic rings. The van der Waals surface area contributed by atoms with Crippen molar-refractivity contribution in [3.63, 3.8) is 0 Å². The molecule has 0 fully saturated rings. The maximum absolute atomic E-state index is 13.7. The van der Waals surface area contributed by atoms with Crippen molar-refractivity contribution < 1.29 is 9.59 Å². The molecule has 0 bridgehead atoms. The lowest BCUT2D eigenvalue weighted by Gasteiger charge is -2.31. The molecule has 5 rings (SSSR count). The van der Waals surface area contributed by atoms with E-state index in [1.165, 1.54) is 17.3 Å². The van der Waals surface area contributed by atoms with Crippen molar-refractivity contribution in [3.8, 4) is 0 Å². The predicted octanol–water partition coefficient (Wildman–Crippen LogP) is 7.61. The van der Waals surface area contributed by atoms with E-state index in [-0.39, 0.29) is 11.8 Å². The number of rotatable bonds is 7. The number of anilines is 1. The molecular weight excluding hydrogens is 524 g/mol. The number of halogens is 1. The third kappa shape index (κ3) is 6.44. The topological polar surface area (TPSA) is 49.4 Å². The van der Waals surface area contributed by atoms with E-state index < -0.39 is 0 Å². The van der Waals surface area contributed by atoms with Crippen LogP contribution < -0.4 is 10.2 Å². The van der Waals surface area contributed by atoms with Gasteiger partial charge in [0.15, 0.2) is 0 Å². The van der Waals surface area contributed by atoms with Crippen molar-refractivity contribution in [1.82, 2.24) is 5.32 Å². The Morgan fingerprint density at radius 3 is 2.46 bits per heavy atom. The third-order valence-corrected chi connectivity index (χ3v) is 8.08. The highest BCUT2D eigenvalue weighted by Gasteiger charge is 2.29. The van der Waals surface area contributed by atoms with Crippen molar-refractivity contribution >= 4 is 46.9 Å². The monoisotopic (exact) mass is 552 g/mol. The lowest BCUT2D eigenvalue weighted by molar-refractivity contribution is -0.114. The van der Waals surface area contributed by atoms with Crippen LogP contribution in [-0.4, -0.2) is 18.4 Å². The highest BCUT2D eigenvalue weighted by molar-refractivity contribution is 8.04. The number of carbonyl (C=O) groups is 2. The standard InChI is InChI=1S/C33H29ClN2O2S/c1-22-7-8-23(2)27(19-22)21-36-29-5-3-4-6-30(29)39-31(33(36)38)20-25-9-13-26(14-10-25)32(37)35-18-17-24-11-15-28(34)16-12-24/h3-16,19-20H,17-18,21H2,1-2H3,(H,35,37)/b31-20-. The molecule has 0 atom stereocenters. The highest BCUT2D eigenvalue weighted by atomic mass is 35.5. The minimum atomic E-state index is -0.125. The molecule has 4 aromatic rings. The van der Waals surface area contributed by atoms with Crippen LogP contribution >= 0.6 is 23.4 Å². The number of hydrogen-bond acceptors (Lipinski definition) is 3. The molecular formula is C33H29ClN2O2S. The lowest BCUT2D eigenvalue weighted by Crippen LogP contribution is -2.34. The number of nitrogens with zero attached hydrogens (tertiary/aromatic N) is 1. The highest BCUT2D eigenvalue weighted by Crippen LogP contribution is 2.42. The summed E-state index contributed by atoms with van der Waals surface area (Å²) in [6.07, 6.45) is 2.63. The molecule has 39 heavy (non-hydrogen) atoms. The van der Waals surface area contributed by atoms with Gasteiger partial charge in [-0.25, -0.2) is 0 Å². The average molecular weight is 553 g/mol. The summed E-state index contributed by atoms with van der Waals surface area (Å²) in [5.74, 6) is -0.150. The van der Waals surface area contributed by atoms with Crippen LogP contribution in [0.2, 0.25) is 5.02 Å². The third-order valence-electron chi connectivity index (χ3n) is 6.75. The van der Waals surface area contributed by atoms with Crippen molar-refractivity contribution in [2.45, 2.75) is 31.7 Å². The number of carbonyl (C=O) groups excluding carboxylic acids is 2. The van der Waals surface area contributed by atoms with Crippen molar-refractivity contribution in [3.05, 3.63) is 134 Å². The van der Waals surface area contributed by atoms with E-state index in [2.05, 4.69) is 37.4 Å². The van der Waals surface area contributed by atoms with Gasteiger partial charge < -0.3 is 10.2 Å². The number of nitrogens with one attached hydrogen (secondary N) is 1. The molecule has 0 radical (unpaired) electrons. The summed E-state index contributed by atoms with van der Waals surface area (Å²) in [7, 11) is 0. The molecule has 0 saturated heterocycles. The first kappa shape index (κ1) is 26.8. The van der Waals surface area contributed by atoms with Crippen LogP contribution in [-0.2, 0) is 17.8 Å². The molecule has 1 N–H and O–H groups in total. The van der Waals surface area contributed by atoms with Gasteiger partial charge in [-0.3, -0.25) is 9.59 Å². The Labute approximate surface area is 238 Å². The molecule has 0 aliphatic carbocycles. The Kier molecular flexibility index (Phi) is 8.20. The fourth-order valence-electron chi connectivity index (χ4n) is 4.52. The minimum absolute atomic E-state index is 0.0244. The van der Waals surface area contributed by atoms with Crippen LogP contribution in [0.1, 0.15) is 38.2 Å². The molecule has 2 amide bonds. The maximum atomic E-state index is 13.7. The Morgan fingerprint density at radius 2 is 1.69 bits per heavy atom. The van der Waals surface area contributed by atoms with Crippen LogP contribution in [0.3, 0.4) is 0 Å². The summed E-state index contributed by atoms with van der Waals surface area (Å²) in [5.41, 5.74) is 6.97. The van der Waals surface area contributed by atoms with E-state index in [0.29, 0.717) is 28.6 Å². The van der Waals surface area contributed by atoms with Crippen molar-refractivity contribution in [2.24, 2.45) is 0 Å². The van der Waals surface area contributed by atoms with Gasteiger partial charge in [0, 0.05) is 22.0 Å². The molecule has 0 spiro atoms. The van der Waals surface area contributed by atoms with E-state index >= 15 is 0 Å². The fraction of sp³-hybridized carbons (Fsp3) is 0.152. The molecule has 4 nitrogen and oxygen atoms in total. The smallest absolute Gasteiger partial charge is 0.265 e. The van der Waals surface area contributed by atoms with Gasteiger partial charge in [-0.1, -0.05) is 83.5 Å². The number of hydrogen-bond donors (Lipinski definition) is 1. The second-order valence-corrected chi connectivity index (χ2v) is 11.2. The van der Waals surface area contributed by atoms with E-state index in [1.54, 1.807) is 12.1 Å². The first-order chi connectivity index (χ1) is 18.9. The van der Waals surface area contributed by atoms with E-state index in [1.807, 2.05) is 71.6 Å². The largest absolute Gasteiger partial charge is 0.352 e. The van der Waals surface area contributed by atoms with Gasteiger partial charge in [0.2, 0.25) is 0 Å². The van der Waals surface area contributed by atoms with Crippen LogP contribution in [0.15, 0.2) is 101 Å². The molecule has 0 unspecified atom stereocenters. The average Bonchev–Trinajstić information content (AvgIpc) is 2.94. The first-order valence-electron chi connectivity index (χ1n) is 12.9. The minimum Gasteiger partial charge on any atom is -0.352 e. The molecule has 1 aliphatic heterocycles. The number of benzene rings is 4. The number of thioether (sulfide) groups is 1. The van der Waals surface area contributed by atoms with Crippen LogP contribution in [0.4, 0.5) is 5.69 Å². The summed E-state index contributed by atoms with van der Waals surface area (Å²) in [6.45, 7) is 5.19. The molecule has 1 heterocycles. The summed E-state index contributed by atoms with van der Waals surface area (Å²) in [6, 6.07) is 29.3. The fourth-order valence-corrected chi connectivity index (χ4v) is 5.70. The van der Waals surface area contributed by atoms with Crippen molar-refractivity contribution in [1.29, 1.82) is 0 Å². The Hall–Kier alpha value is -3.80. The second-order valence-electron chi connectivity index (χ2n) is 9.65. The van der Waals surface area contributed by atoms with E-state index in [9.17, 15) is 9.59 Å². The summed E-state index contributed by atoms with van der Waals surface area (Å²) in [5, 5.41) is 3.66. The zero-order valence-corrected chi connectivity index (χ0v) is 23.5. The quantitative estimate of drug-likeness (QED) is 0.240. The normalized spacial score (nSPS) is 13.9. The Morgan fingerprint density at radius 1 is 0.949 bits per heavy atom. The zero-order chi connectivity index (χ0) is 27.4. The Balaban J connectivity index is 1.30. The Bertz CT molecular complexity index is 1550. The van der Waals surface area contributed by atoms with Crippen molar-refractivity contribution in [2.75, 3.05) is 11.4 Å². The molecule has 0 saturated carbocycles.